The lowest BCUT2D eigenvalue weighted by atomic mass is 9.85. The molecule has 0 amide bonds. The standard InChI is InChI=1S/C31H32N6O4S/c1-16-23(13-32-31-28(16)34-35-36(31)3)22(12-27(39)40)20-10-19-8-9-42-30(19)21(11-20)14-37-15-25(18-4-5-18)41-24-6-7-26(38)33-29(24)17(37)2/h6-11,13,17-18,22,25H,4-5,12,14-15H2,1-3H3,(H,33,38)(H,39,40)/t17-,22-,25+/m1/s1. The number of aromatic amines is 1. The Bertz CT molecular complexity index is 1890. The van der Waals surface area contributed by atoms with Gasteiger partial charge in [-0.25, -0.2) is 9.67 Å². The number of carboxylic acid groups (broad SMARTS) is 1. The Morgan fingerprint density at radius 3 is 2.88 bits per heavy atom. The second-order valence-corrected chi connectivity index (χ2v) is 12.5. The molecule has 7 rings (SSSR count). The number of benzene rings is 1. The third kappa shape index (κ3) is 4.76. The summed E-state index contributed by atoms with van der Waals surface area (Å²) in [6.45, 7) is 5.45. The Morgan fingerprint density at radius 1 is 1.26 bits per heavy atom. The monoisotopic (exact) mass is 584 g/mol. The molecule has 3 atom stereocenters. The summed E-state index contributed by atoms with van der Waals surface area (Å²) < 4.78 is 9.27. The summed E-state index contributed by atoms with van der Waals surface area (Å²) in [6.07, 6.45) is 4.05. The molecule has 1 fully saturated rings. The normalized spacial score (nSPS) is 19.9. The number of ether oxygens (including phenoxy) is 1. The molecule has 0 unspecified atom stereocenters. The van der Waals surface area contributed by atoms with Crippen LogP contribution in [0.3, 0.4) is 0 Å². The van der Waals surface area contributed by atoms with E-state index >= 15 is 0 Å². The summed E-state index contributed by atoms with van der Waals surface area (Å²) in [5, 5.41) is 21.6. The minimum Gasteiger partial charge on any atom is -0.487 e. The highest BCUT2D eigenvalue weighted by molar-refractivity contribution is 7.17. The summed E-state index contributed by atoms with van der Waals surface area (Å²) in [6, 6.07) is 9.61. The van der Waals surface area contributed by atoms with Gasteiger partial charge in [-0.15, -0.1) is 16.4 Å². The van der Waals surface area contributed by atoms with E-state index in [1.54, 1.807) is 35.3 Å². The molecule has 1 aromatic carbocycles. The van der Waals surface area contributed by atoms with Gasteiger partial charge in [0.1, 0.15) is 17.4 Å². The van der Waals surface area contributed by atoms with Gasteiger partial charge in [0.2, 0.25) is 5.56 Å². The van der Waals surface area contributed by atoms with Gasteiger partial charge in [0.25, 0.3) is 0 Å². The lowest BCUT2D eigenvalue weighted by Gasteiger charge is -2.29. The smallest absolute Gasteiger partial charge is 0.304 e. The van der Waals surface area contributed by atoms with Crippen LogP contribution in [0.4, 0.5) is 0 Å². The largest absolute Gasteiger partial charge is 0.487 e. The number of hydrogen-bond donors (Lipinski definition) is 2. The molecule has 10 nitrogen and oxygen atoms in total. The third-order valence-corrected chi connectivity index (χ3v) is 9.81. The van der Waals surface area contributed by atoms with Gasteiger partial charge < -0.3 is 14.8 Å². The number of nitrogens with zero attached hydrogens (tertiary/aromatic N) is 5. The molecular formula is C31H32N6O4S. The number of H-pyrrole nitrogens is 1. The summed E-state index contributed by atoms with van der Waals surface area (Å²) in [5.74, 6) is -0.0279. The Balaban J connectivity index is 1.31. The number of rotatable bonds is 7. The number of aliphatic carboxylic acids is 1. The fourth-order valence-electron chi connectivity index (χ4n) is 6.33. The van der Waals surface area contributed by atoms with Crippen LogP contribution in [0.5, 0.6) is 5.75 Å². The molecule has 1 aliphatic carbocycles. The molecule has 11 heteroatoms. The van der Waals surface area contributed by atoms with E-state index in [-0.39, 0.29) is 24.1 Å². The maximum absolute atomic E-state index is 12.3. The lowest BCUT2D eigenvalue weighted by molar-refractivity contribution is -0.137. The quantitative estimate of drug-likeness (QED) is 0.276. The first kappa shape index (κ1) is 26.8. The first-order valence-electron chi connectivity index (χ1n) is 14.3. The zero-order chi connectivity index (χ0) is 29.1. The SMILES string of the molecule is Cc1c([C@H](CC(=O)O)c2cc(CN3C[C@@H](C4CC4)Oc4ccc(=O)[nH]c4[C@H]3C)c3sccc3c2)cnc2c1nnn2C. The van der Waals surface area contributed by atoms with Crippen molar-refractivity contribution in [1.82, 2.24) is 29.9 Å². The van der Waals surface area contributed by atoms with Gasteiger partial charge in [-0.1, -0.05) is 11.3 Å². The van der Waals surface area contributed by atoms with Gasteiger partial charge in [-0.2, -0.15) is 0 Å². The number of aryl methyl sites for hydroxylation is 2. The van der Waals surface area contributed by atoms with Crippen LogP contribution in [0.25, 0.3) is 21.3 Å². The van der Waals surface area contributed by atoms with Crippen LogP contribution in [0.1, 0.15) is 66.1 Å². The lowest BCUT2D eigenvalue weighted by Crippen LogP contribution is -2.35. The number of nitrogens with one attached hydrogen (secondary N) is 1. The molecule has 0 spiro atoms. The van der Waals surface area contributed by atoms with E-state index in [0.717, 1.165) is 58.5 Å². The van der Waals surface area contributed by atoms with E-state index in [1.165, 1.54) is 10.8 Å². The molecule has 2 N–H and O–H groups in total. The van der Waals surface area contributed by atoms with Crippen LogP contribution < -0.4 is 10.3 Å². The van der Waals surface area contributed by atoms with Crippen LogP contribution in [0, 0.1) is 12.8 Å². The van der Waals surface area contributed by atoms with Crippen molar-refractivity contribution in [2.45, 2.75) is 57.7 Å². The van der Waals surface area contributed by atoms with Gasteiger partial charge in [-0.3, -0.25) is 14.5 Å². The van der Waals surface area contributed by atoms with E-state index < -0.39 is 11.9 Å². The molecule has 5 heterocycles. The van der Waals surface area contributed by atoms with E-state index in [2.05, 4.69) is 55.7 Å². The highest BCUT2D eigenvalue weighted by atomic mass is 32.1. The Hall–Kier alpha value is -4.09. The fraction of sp³-hybridized carbons (Fsp3) is 0.387. The van der Waals surface area contributed by atoms with Gasteiger partial charge in [-0.05, 0) is 83.8 Å². The molecule has 5 aromatic rings. The maximum atomic E-state index is 12.3. The zero-order valence-corrected chi connectivity index (χ0v) is 24.5. The van der Waals surface area contributed by atoms with Gasteiger partial charge in [0.05, 0.1) is 18.2 Å². The van der Waals surface area contributed by atoms with E-state index in [1.807, 2.05) is 6.92 Å². The van der Waals surface area contributed by atoms with Crippen molar-refractivity contribution in [2.24, 2.45) is 13.0 Å². The molecule has 2 aliphatic rings. The van der Waals surface area contributed by atoms with Crippen molar-refractivity contribution < 1.29 is 14.6 Å². The first-order valence-corrected chi connectivity index (χ1v) is 15.2. The van der Waals surface area contributed by atoms with Crippen molar-refractivity contribution in [1.29, 1.82) is 0 Å². The molecule has 1 saturated carbocycles. The zero-order valence-electron chi connectivity index (χ0n) is 23.7. The highest BCUT2D eigenvalue weighted by Gasteiger charge is 2.38. The number of carboxylic acids is 1. The van der Waals surface area contributed by atoms with Crippen molar-refractivity contribution in [3.05, 3.63) is 80.2 Å². The molecule has 4 aromatic heterocycles. The molecule has 0 saturated heterocycles. The van der Waals surface area contributed by atoms with E-state index in [9.17, 15) is 14.7 Å². The first-order chi connectivity index (χ1) is 20.3. The molecule has 42 heavy (non-hydrogen) atoms. The van der Waals surface area contributed by atoms with Crippen LogP contribution in [0.2, 0.25) is 0 Å². The second-order valence-electron chi connectivity index (χ2n) is 11.6. The Kier molecular flexibility index (Phi) is 6.58. The van der Waals surface area contributed by atoms with Crippen molar-refractivity contribution in [3.8, 4) is 5.75 Å². The predicted octanol–water partition coefficient (Wildman–Crippen LogP) is 4.92. The van der Waals surface area contributed by atoms with Crippen LogP contribution in [-0.4, -0.2) is 53.6 Å². The summed E-state index contributed by atoms with van der Waals surface area (Å²) in [5.41, 5.74) is 5.78. The fourth-order valence-corrected chi connectivity index (χ4v) is 7.22. The Labute approximate surface area is 246 Å². The van der Waals surface area contributed by atoms with Crippen molar-refractivity contribution >= 4 is 38.6 Å². The molecular weight excluding hydrogens is 552 g/mol. The number of thiophene rings is 1. The molecule has 0 bridgehead atoms. The second kappa shape index (κ2) is 10.3. The van der Waals surface area contributed by atoms with Gasteiger partial charge >= 0.3 is 5.97 Å². The van der Waals surface area contributed by atoms with Crippen molar-refractivity contribution in [3.63, 3.8) is 0 Å². The third-order valence-electron chi connectivity index (χ3n) is 8.81. The minimum atomic E-state index is -0.878. The summed E-state index contributed by atoms with van der Waals surface area (Å²) in [7, 11) is 1.80. The van der Waals surface area contributed by atoms with Crippen LogP contribution in [-0.2, 0) is 18.4 Å². The average Bonchev–Trinajstić information content (AvgIpc) is 3.61. The van der Waals surface area contributed by atoms with Crippen LogP contribution >= 0.6 is 11.3 Å². The van der Waals surface area contributed by atoms with E-state index in [0.29, 0.717) is 23.6 Å². The maximum Gasteiger partial charge on any atom is 0.304 e. The van der Waals surface area contributed by atoms with Crippen LogP contribution in [0.15, 0.2) is 46.7 Å². The number of carbonyl (C=O) groups is 1. The number of aromatic nitrogens is 5. The number of pyridine rings is 2. The summed E-state index contributed by atoms with van der Waals surface area (Å²) >= 11 is 1.69. The topological polar surface area (TPSA) is 126 Å². The Morgan fingerprint density at radius 2 is 2.10 bits per heavy atom. The molecule has 1 aliphatic heterocycles. The van der Waals surface area contributed by atoms with Gasteiger partial charge in [0, 0.05) is 43.0 Å². The number of fused-ring (bicyclic) bond motifs is 3. The number of hydrogen-bond acceptors (Lipinski definition) is 8. The highest BCUT2D eigenvalue weighted by Crippen LogP contribution is 2.42. The van der Waals surface area contributed by atoms with Gasteiger partial charge in [0.15, 0.2) is 5.65 Å². The van der Waals surface area contributed by atoms with Crippen molar-refractivity contribution in [2.75, 3.05) is 6.54 Å². The molecule has 216 valence electrons. The minimum absolute atomic E-state index is 0.0498. The molecule has 0 radical (unpaired) electrons. The average molecular weight is 585 g/mol. The summed E-state index contributed by atoms with van der Waals surface area (Å²) in [4.78, 5) is 34.5. The predicted molar refractivity (Wildman–Crippen MR) is 160 cm³/mol. The van der Waals surface area contributed by atoms with E-state index in [4.69, 9.17) is 4.74 Å².